The topological polar surface area (TPSA) is 159 Å². The lowest BCUT2D eigenvalue weighted by atomic mass is 9.93. The number of rotatable bonds is 2. The molecule has 0 spiro atoms. The van der Waals surface area contributed by atoms with E-state index in [2.05, 4.69) is 10.3 Å². The number of aromatic nitrogens is 1. The van der Waals surface area contributed by atoms with Gasteiger partial charge in [0.15, 0.2) is 0 Å². The first-order valence-corrected chi connectivity index (χ1v) is 11.0. The summed E-state index contributed by atoms with van der Waals surface area (Å²) >= 11 is 0. The van der Waals surface area contributed by atoms with Crippen molar-refractivity contribution in [3.63, 3.8) is 0 Å². The highest BCUT2D eigenvalue weighted by atomic mass is 19.1. The van der Waals surface area contributed by atoms with Gasteiger partial charge in [-0.1, -0.05) is 39.0 Å². The lowest BCUT2D eigenvalue weighted by molar-refractivity contribution is -0.150. The largest absolute Gasteiger partial charge is 0.396 e. The average Bonchev–Trinajstić information content (AvgIpc) is 2.80. The Labute approximate surface area is 204 Å². The molecule has 0 saturated carbocycles. The number of amides is 3. The van der Waals surface area contributed by atoms with Crippen molar-refractivity contribution in [2.45, 2.75) is 33.7 Å². The maximum atomic E-state index is 12.5. The number of nitrogens with two attached hydrogens (primary N) is 2. The molecule has 1 fully saturated rings. The van der Waals surface area contributed by atoms with E-state index in [1.165, 1.54) is 23.2 Å². The first kappa shape index (κ1) is 27.2. The third-order valence-electron chi connectivity index (χ3n) is 5.33. The van der Waals surface area contributed by atoms with Crippen molar-refractivity contribution in [3.05, 3.63) is 47.9 Å². The number of benzene rings is 1. The van der Waals surface area contributed by atoms with Crippen molar-refractivity contribution in [2.24, 2.45) is 5.41 Å². The number of pyridine rings is 1. The van der Waals surface area contributed by atoms with E-state index in [0.29, 0.717) is 6.54 Å². The van der Waals surface area contributed by atoms with Crippen LogP contribution in [-0.2, 0) is 14.4 Å². The summed E-state index contributed by atoms with van der Waals surface area (Å²) in [6.45, 7) is 8.27. The molecule has 1 atom stereocenters. The van der Waals surface area contributed by atoms with Gasteiger partial charge >= 0.3 is 11.8 Å². The predicted octanol–water partition coefficient (Wildman–Crippen LogP) is 2.11. The van der Waals surface area contributed by atoms with Crippen LogP contribution in [0.4, 0.5) is 21.6 Å². The lowest BCUT2D eigenvalue weighted by Gasteiger charge is -2.42. The monoisotopic (exact) mass is 485 g/mol. The van der Waals surface area contributed by atoms with Crippen LogP contribution in [0.3, 0.4) is 0 Å². The normalized spacial score (nSPS) is 15.5. The minimum absolute atomic E-state index is 0.0106. The highest BCUT2D eigenvalue weighted by Crippen LogP contribution is 2.25. The molecule has 1 aliphatic heterocycles. The third kappa shape index (κ3) is 6.98. The molecule has 6 N–H and O–H groups in total. The molecule has 35 heavy (non-hydrogen) atoms. The highest BCUT2D eigenvalue weighted by Gasteiger charge is 2.36. The predicted molar refractivity (Wildman–Crippen MR) is 133 cm³/mol. The number of nitrogens with zero attached hydrogens (tertiary/aromatic N) is 3. The first-order chi connectivity index (χ1) is 16.4. The molecule has 1 saturated heterocycles. The zero-order chi connectivity index (χ0) is 26.3. The summed E-state index contributed by atoms with van der Waals surface area (Å²) in [6.07, 6.45) is 2.17. The number of halogens is 1. The Hall–Kier alpha value is -4.02. The number of carbonyl (C=O) groups excluding carboxylic acids is 3. The lowest BCUT2D eigenvalue weighted by Crippen LogP contribution is -2.58. The van der Waals surface area contributed by atoms with Crippen LogP contribution < -0.4 is 16.8 Å². The van der Waals surface area contributed by atoms with Crippen LogP contribution in [0.1, 0.15) is 33.3 Å². The first-order valence-electron chi connectivity index (χ1n) is 11.0. The van der Waals surface area contributed by atoms with Crippen molar-refractivity contribution in [1.82, 2.24) is 14.8 Å². The number of nitrogen functional groups attached to an aromatic ring is 2. The molecule has 11 heteroatoms. The molecule has 10 nitrogen and oxygen atoms in total. The Morgan fingerprint density at radius 3 is 2.29 bits per heavy atom. The van der Waals surface area contributed by atoms with Gasteiger partial charge < -0.3 is 32.0 Å². The molecule has 1 unspecified atom stereocenters. The fourth-order valence-corrected chi connectivity index (χ4v) is 3.42. The fourth-order valence-electron chi connectivity index (χ4n) is 3.42. The summed E-state index contributed by atoms with van der Waals surface area (Å²) in [7, 11) is 0. The second-order valence-electron chi connectivity index (χ2n) is 9.13. The van der Waals surface area contributed by atoms with Gasteiger partial charge in [-0.15, -0.1) is 0 Å². The van der Waals surface area contributed by atoms with E-state index in [-0.39, 0.29) is 53.6 Å². The van der Waals surface area contributed by atoms with Crippen LogP contribution in [0.2, 0.25) is 0 Å². The van der Waals surface area contributed by atoms with E-state index in [1.54, 1.807) is 23.1 Å². The summed E-state index contributed by atoms with van der Waals surface area (Å²) in [5.41, 5.74) is 11.4. The summed E-state index contributed by atoms with van der Waals surface area (Å²) in [6, 6.07) is 7.73. The second-order valence-corrected chi connectivity index (χ2v) is 9.13. The van der Waals surface area contributed by atoms with Gasteiger partial charge in [-0.05, 0) is 19.1 Å². The van der Waals surface area contributed by atoms with Crippen LogP contribution in [0, 0.1) is 16.6 Å². The highest BCUT2D eigenvalue weighted by molar-refractivity contribution is 6.40. The van der Waals surface area contributed by atoms with Crippen molar-refractivity contribution >= 4 is 41.1 Å². The summed E-state index contributed by atoms with van der Waals surface area (Å²) in [5, 5.41) is 9.75. The maximum Gasteiger partial charge on any atom is 0.314 e. The molecule has 0 radical (unpaired) electrons. The molecule has 1 aromatic carbocycles. The Bertz CT molecular complexity index is 1090. The SMILES string of the molecule is CC1CN(C(=O)C(=O)Nc2cnc(N)c(C=N)c2N)CCN1C(=O)C(C)(C)C.Fc1ccccc1. The van der Waals surface area contributed by atoms with Crippen LogP contribution in [0.25, 0.3) is 0 Å². The molecule has 0 bridgehead atoms. The minimum Gasteiger partial charge on any atom is -0.396 e. The van der Waals surface area contributed by atoms with Crippen LogP contribution in [0.15, 0.2) is 36.5 Å². The number of hydrogen-bond acceptors (Lipinski definition) is 7. The van der Waals surface area contributed by atoms with Gasteiger partial charge in [-0.2, -0.15) is 0 Å². The fraction of sp³-hybridized carbons (Fsp3) is 0.375. The van der Waals surface area contributed by atoms with Crippen LogP contribution in [-0.4, -0.2) is 64.4 Å². The van der Waals surface area contributed by atoms with E-state index >= 15 is 0 Å². The van der Waals surface area contributed by atoms with Crippen molar-refractivity contribution in [3.8, 4) is 0 Å². The molecule has 1 aromatic heterocycles. The number of anilines is 3. The standard InChI is InChI=1S/C18H27N7O3.C6H5F/c1-10-9-24(5-6-25(10)17(28)18(2,3)4)16(27)15(26)23-12-8-22-14(21)11(7-19)13(12)20;7-6-4-2-1-3-5-6/h7-8,10,19H,5-6,9H2,1-4H3,(H,23,26)(H4,20,21,22);1-5H. The third-order valence-corrected chi connectivity index (χ3v) is 5.33. The van der Waals surface area contributed by atoms with Gasteiger partial charge in [-0.25, -0.2) is 9.37 Å². The molecule has 0 aliphatic carbocycles. The van der Waals surface area contributed by atoms with Gasteiger partial charge in [0.05, 0.1) is 23.1 Å². The summed E-state index contributed by atoms with van der Waals surface area (Å²) < 4.78 is 11.9. The van der Waals surface area contributed by atoms with Gasteiger partial charge in [0.2, 0.25) is 5.91 Å². The Morgan fingerprint density at radius 1 is 1.17 bits per heavy atom. The van der Waals surface area contributed by atoms with E-state index in [1.807, 2.05) is 27.7 Å². The zero-order valence-electron chi connectivity index (χ0n) is 20.3. The zero-order valence-corrected chi connectivity index (χ0v) is 20.3. The molecule has 3 rings (SSSR count). The summed E-state index contributed by atoms with van der Waals surface area (Å²) in [5.74, 6) is -1.69. The maximum absolute atomic E-state index is 12.5. The molecule has 2 aromatic rings. The second kappa shape index (κ2) is 11.4. The van der Waals surface area contributed by atoms with E-state index in [0.717, 1.165) is 6.21 Å². The Kier molecular flexibility index (Phi) is 8.87. The Balaban J connectivity index is 0.000000527. The quantitative estimate of drug-likeness (QED) is 0.377. The van der Waals surface area contributed by atoms with Gasteiger partial charge in [0.25, 0.3) is 0 Å². The van der Waals surface area contributed by atoms with Crippen LogP contribution >= 0.6 is 0 Å². The van der Waals surface area contributed by atoms with E-state index in [9.17, 15) is 18.8 Å². The average molecular weight is 486 g/mol. The molecule has 3 amide bonds. The smallest absolute Gasteiger partial charge is 0.314 e. The van der Waals surface area contributed by atoms with Gasteiger partial charge in [0, 0.05) is 37.3 Å². The summed E-state index contributed by atoms with van der Waals surface area (Å²) in [4.78, 5) is 44.4. The van der Waals surface area contributed by atoms with Crippen molar-refractivity contribution < 1.29 is 18.8 Å². The molecular weight excluding hydrogens is 453 g/mol. The van der Waals surface area contributed by atoms with Crippen molar-refractivity contribution in [2.75, 3.05) is 36.4 Å². The molecule has 1 aliphatic rings. The number of hydrogen-bond donors (Lipinski definition) is 4. The van der Waals surface area contributed by atoms with E-state index < -0.39 is 17.2 Å². The van der Waals surface area contributed by atoms with E-state index in [4.69, 9.17) is 16.9 Å². The number of nitrogens with one attached hydrogen (secondary N) is 2. The molecule has 188 valence electrons. The Morgan fingerprint density at radius 2 is 1.80 bits per heavy atom. The molecule has 2 heterocycles. The van der Waals surface area contributed by atoms with Crippen LogP contribution in [0.5, 0.6) is 0 Å². The molecular formula is C24H32FN7O3. The minimum atomic E-state index is -0.864. The number of carbonyl (C=O) groups is 3. The van der Waals surface area contributed by atoms with Gasteiger partial charge in [0.1, 0.15) is 11.6 Å². The van der Waals surface area contributed by atoms with Gasteiger partial charge in [-0.3, -0.25) is 14.4 Å². The number of piperazine rings is 1. The van der Waals surface area contributed by atoms with Crippen molar-refractivity contribution in [1.29, 1.82) is 5.41 Å².